The van der Waals surface area contributed by atoms with Crippen molar-refractivity contribution in [3.8, 4) is 0 Å². The molecule has 0 amide bonds. The lowest BCUT2D eigenvalue weighted by Crippen LogP contribution is -2.21. The van der Waals surface area contributed by atoms with Crippen molar-refractivity contribution in [2.45, 2.75) is 26.8 Å². The monoisotopic (exact) mass is 253 g/mol. The molecule has 0 saturated carbocycles. The van der Waals surface area contributed by atoms with Crippen molar-refractivity contribution < 1.29 is 14.3 Å². The number of nitrogens with zero attached hydrogens (tertiary/aromatic N) is 1. The molecular weight excluding hydrogens is 233 g/mol. The Balaban J connectivity index is 2.74. The largest absolute Gasteiger partial charge is 0.478 e. The van der Waals surface area contributed by atoms with Gasteiger partial charge in [-0.05, 0) is 43.6 Å². The minimum absolute atomic E-state index is 0.0476. The van der Waals surface area contributed by atoms with E-state index in [0.29, 0.717) is 18.0 Å². The molecule has 3 nitrogen and oxygen atoms in total. The van der Waals surface area contributed by atoms with Crippen LogP contribution in [0.1, 0.15) is 36.2 Å². The third-order valence-electron chi connectivity index (χ3n) is 2.83. The molecule has 1 aromatic rings. The van der Waals surface area contributed by atoms with Crippen LogP contribution in [-0.2, 0) is 6.54 Å². The van der Waals surface area contributed by atoms with Crippen LogP contribution >= 0.6 is 0 Å². The Bertz CT molecular complexity index is 418. The van der Waals surface area contributed by atoms with E-state index in [0.717, 1.165) is 19.0 Å². The summed E-state index contributed by atoms with van der Waals surface area (Å²) >= 11 is 0. The van der Waals surface area contributed by atoms with E-state index in [-0.39, 0.29) is 5.56 Å². The smallest absolute Gasteiger partial charge is 0.336 e. The Labute approximate surface area is 107 Å². The summed E-state index contributed by atoms with van der Waals surface area (Å²) in [5.41, 5.74) is 0.696. The van der Waals surface area contributed by atoms with Gasteiger partial charge in [-0.3, -0.25) is 0 Å². The SMILES string of the molecule is CC(C)CCN(C)Cc1ccc(F)cc1C(=O)O. The highest BCUT2D eigenvalue weighted by Gasteiger charge is 2.12. The second kappa shape index (κ2) is 6.50. The zero-order chi connectivity index (χ0) is 13.7. The van der Waals surface area contributed by atoms with Crippen molar-refractivity contribution in [3.63, 3.8) is 0 Å². The van der Waals surface area contributed by atoms with E-state index >= 15 is 0 Å². The molecule has 0 bridgehead atoms. The van der Waals surface area contributed by atoms with Crippen LogP contribution in [-0.4, -0.2) is 29.6 Å². The number of hydrogen-bond donors (Lipinski definition) is 1. The number of halogens is 1. The van der Waals surface area contributed by atoms with Crippen LogP contribution in [0.25, 0.3) is 0 Å². The lowest BCUT2D eigenvalue weighted by molar-refractivity contribution is 0.0694. The van der Waals surface area contributed by atoms with Crippen molar-refractivity contribution in [1.29, 1.82) is 0 Å². The van der Waals surface area contributed by atoms with Gasteiger partial charge >= 0.3 is 5.97 Å². The topological polar surface area (TPSA) is 40.5 Å². The van der Waals surface area contributed by atoms with Gasteiger partial charge in [-0.2, -0.15) is 0 Å². The molecule has 0 radical (unpaired) electrons. The summed E-state index contributed by atoms with van der Waals surface area (Å²) in [6.45, 7) is 5.71. The van der Waals surface area contributed by atoms with E-state index in [1.807, 2.05) is 7.05 Å². The van der Waals surface area contributed by atoms with E-state index in [1.54, 1.807) is 6.07 Å². The first kappa shape index (κ1) is 14.6. The van der Waals surface area contributed by atoms with Gasteiger partial charge in [0, 0.05) is 6.54 Å². The average molecular weight is 253 g/mol. The van der Waals surface area contributed by atoms with E-state index < -0.39 is 11.8 Å². The molecule has 100 valence electrons. The molecule has 1 aromatic carbocycles. The maximum atomic E-state index is 13.0. The third kappa shape index (κ3) is 4.45. The van der Waals surface area contributed by atoms with Crippen LogP contribution in [0.4, 0.5) is 4.39 Å². The normalized spacial score (nSPS) is 11.2. The van der Waals surface area contributed by atoms with Crippen LogP contribution in [0.15, 0.2) is 18.2 Å². The summed E-state index contributed by atoms with van der Waals surface area (Å²) in [5, 5.41) is 9.04. The lowest BCUT2D eigenvalue weighted by Gasteiger charge is -2.19. The van der Waals surface area contributed by atoms with Crippen molar-refractivity contribution in [2.75, 3.05) is 13.6 Å². The summed E-state index contributed by atoms with van der Waals surface area (Å²) in [6.07, 6.45) is 1.06. The summed E-state index contributed by atoms with van der Waals surface area (Å²) in [6, 6.07) is 3.93. The first-order chi connectivity index (χ1) is 8.40. The zero-order valence-corrected chi connectivity index (χ0v) is 11.1. The van der Waals surface area contributed by atoms with E-state index in [2.05, 4.69) is 18.7 Å². The van der Waals surface area contributed by atoms with Crippen molar-refractivity contribution in [1.82, 2.24) is 4.90 Å². The third-order valence-corrected chi connectivity index (χ3v) is 2.83. The number of carbonyl (C=O) groups is 1. The Morgan fingerprint density at radius 2 is 2.11 bits per heavy atom. The highest BCUT2D eigenvalue weighted by Crippen LogP contribution is 2.14. The molecule has 0 aliphatic rings. The number of aromatic carboxylic acids is 1. The minimum Gasteiger partial charge on any atom is -0.478 e. The molecule has 1 N–H and O–H groups in total. The van der Waals surface area contributed by atoms with Gasteiger partial charge in [0.25, 0.3) is 0 Å². The Kier molecular flexibility index (Phi) is 5.28. The van der Waals surface area contributed by atoms with E-state index in [4.69, 9.17) is 5.11 Å². The first-order valence-electron chi connectivity index (χ1n) is 6.10. The fourth-order valence-electron chi connectivity index (χ4n) is 1.73. The van der Waals surface area contributed by atoms with Gasteiger partial charge in [-0.15, -0.1) is 0 Å². The first-order valence-corrected chi connectivity index (χ1v) is 6.10. The van der Waals surface area contributed by atoms with Crippen LogP contribution in [0, 0.1) is 11.7 Å². The fraction of sp³-hybridized carbons (Fsp3) is 0.500. The van der Waals surface area contributed by atoms with Gasteiger partial charge in [-0.25, -0.2) is 9.18 Å². The van der Waals surface area contributed by atoms with Crippen molar-refractivity contribution in [3.05, 3.63) is 35.1 Å². The zero-order valence-electron chi connectivity index (χ0n) is 11.1. The van der Waals surface area contributed by atoms with E-state index in [1.165, 1.54) is 6.07 Å². The maximum absolute atomic E-state index is 13.0. The van der Waals surface area contributed by atoms with Gasteiger partial charge in [0.2, 0.25) is 0 Å². The number of rotatable bonds is 6. The predicted octanol–water partition coefficient (Wildman–Crippen LogP) is 3.00. The lowest BCUT2D eigenvalue weighted by atomic mass is 10.1. The molecule has 18 heavy (non-hydrogen) atoms. The molecule has 0 heterocycles. The summed E-state index contributed by atoms with van der Waals surface area (Å²) in [7, 11) is 1.94. The van der Waals surface area contributed by atoms with Crippen molar-refractivity contribution >= 4 is 5.97 Å². The second-order valence-corrected chi connectivity index (χ2v) is 5.03. The van der Waals surface area contributed by atoms with Gasteiger partial charge in [0.05, 0.1) is 5.56 Å². The number of hydrogen-bond acceptors (Lipinski definition) is 2. The van der Waals surface area contributed by atoms with Gasteiger partial charge in [0.15, 0.2) is 0 Å². The van der Waals surface area contributed by atoms with Crippen molar-refractivity contribution in [2.24, 2.45) is 5.92 Å². The van der Waals surface area contributed by atoms with E-state index in [9.17, 15) is 9.18 Å². The second-order valence-electron chi connectivity index (χ2n) is 5.03. The Morgan fingerprint density at radius 1 is 1.44 bits per heavy atom. The van der Waals surface area contributed by atoms with Crippen LogP contribution in [0.2, 0.25) is 0 Å². The molecule has 0 unspecified atom stereocenters. The molecule has 0 fully saturated rings. The molecule has 0 atom stereocenters. The summed E-state index contributed by atoms with van der Waals surface area (Å²) < 4.78 is 13.0. The standard InChI is InChI=1S/C14H20FNO2/c1-10(2)6-7-16(3)9-11-4-5-12(15)8-13(11)14(17)18/h4-5,8,10H,6-7,9H2,1-3H3,(H,17,18). The fourth-order valence-corrected chi connectivity index (χ4v) is 1.73. The molecule has 4 heteroatoms. The Hall–Kier alpha value is -1.42. The quantitative estimate of drug-likeness (QED) is 0.847. The maximum Gasteiger partial charge on any atom is 0.336 e. The summed E-state index contributed by atoms with van der Waals surface area (Å²) in [5.74, 6) is -0.984. The number of carboxylic acids is 1. The highest BCUT2D eigenvalue weighted by molar-refractivity contribution is 5.89. The molecule has 0 spiro atoms. The number of benzene rings is 1. The molecule has 1 rings (SSSR count). The average Bonchev–Trinajstić information content (AvgIpc) is 2.28. The molecule has 0 saturated heterocycles. The highest BCUT2D eigenvalue weighted by atomic mass is 19.1. The van der Waals surface area contributed by atoms with Crippen LogP contribution in [0.3, 0.4) is 0 Å². The van der Waals surface area contributed by atoms with Crippen LogP contribution < -0.4 is 0 Å². The van der Waals surface area contributed by atoms with Gasteiger partial charge in [0.1, 0.15) is 5.82 Å². The van der Waals surface area contributed by atoms with Gasteiger partial charge < -0.3 is 10.0 Å². The molecule has 0 aliphatic carbocycles. The number of carboxylic acid groups (broad SMARTS) is 1. The van der Waals surface area contributed by atoms with Crippen LogP contribution in [0.5, 0.6) is 0 Å². The summed E-state index contributed by atoms with van der Waals surface area (Å²) in [4.78, 5) is 13.1. The molecule has 0 aromatic heterocycles. The van der Waals surface area contributed by atoms with Gasteiger partial charge in [-0.1, -0.05) is 19.9 Å². The molecular formula is C14H20FNO2. The minimum atomic E-state index is -1.08. The molecule has 0 aliphatic heterocycles. The Morgan fingerprint density at radius 3 is 2.67 bits per heavy atom. The predicted molar refractivity (Wildman–Crippen MR) is 69.1 cm³/mol.